The van der Waals surface area contributed by atoms with Gasteiger partial charge in [0.05, 0.1) is 18.4 Å². The van der Waals surface area contributed by atoms with Crippen molar-refractivity contribution in [2.45, 2.75) is 18.6 Å². The van der Waals surface area contributed by atoms with Crippen LogP contribution in [-0.4, -0.2) is 34.6 Å². The summed E-state index contributed by atoms with van der Waals surface area (Å²) < 4.78 is 32.0. The molecule has 1 fully saturated rings. The number of methoxy groups -OCH3 is 1. The van der Waals surface area contributed by atoms with Gasteiger partial charge in [0.25, 0.3) is 0 Å². The van der Waals surface area contributed by atoms with E-state index in [4.69, 9.17) is 0 Å². The standard InChI is InChI=1S/C19H22N2O4S/c1-25-19(22)16-6-4-15(5-7-16)14-26(23,24)20-17-8-10-18(11-9-17)21-12-2-3-13-21/h4-11,20H,2-3,12-14H2,1H3. The number of nitrogens with zero attached hydrogens (tertiary/aromatic N) is 1. The Kier molecular flexibility index (Phi) is 5.46. The van der Waals surface area contributed by atoms with Crippen LogP contribution in [0.3, 0.4) is 0 Å². The van der Waals surface area contributed by atoms with Crippen molar-refractivity contribution in [1.82, 2.24) is 0 Å². The minimum absolute atomic E-state index is 0.164. The van der Waals surface area contributed by atoms with Crippen molar-refractivity contribution < 1.29 is 17.9 Å². The van der Waals surface area contributed by atoms with Crippen LogP contribution in [0.25, 0.3) is 0 Å². The van der Waals surface area contributed by atoms with Crippen LogP contribution in [0.5, 0.6) is 0 Å². The average molecular weight is 374 g/mol. The van der Waals surface area contributed by atoms with Crippen LogP contribution in [0.2, 0.25) is 0 Å². The Hall–Kier alpha value is -2.54. The van der Waals surface area contributed by atoms with Crippen LogP contribution in [-0.2, 0) is 20.5 Å². The van der Waals surface area contributed by atoms with Gasteiger partial charge in [-0.25, -0.2) is 13.2 Å². The first-order valence-corrected chi connectivity index (χ1v) is 10.1. The van der Waals surface area contributed by atoms with E-state index in [1.165, 1.54) is 20.0 Å². The molecule has 1 aliphatic rings. The zero-order chi connectivity index (χ0) is 18.6. The Balaban J connectivity index is 1.64. The fraction of sp³-hybridized carbons (Fsp3) is 0.316. The molecule has 0 amide bonds. The molecule has 6 nitrogen and oxygen atoms in total. The SMILES string of the molecule is COC(=O)c1ccc(CS(=O)(=O)Nc2ccc(N3CCCC3)cc2)cc1. The topological polar surface area (TPSA) is 75.7 Å². The van der Waals surface area contributed by atoms with Gasteiger partial charge < -0.3 is 9.64 Å². The molecule has 0 radical (unpaired) electrons. The van der Waals surface area contributed by atoms with Crippen molar-refractivity contribution in [2.75, 3.05) is 29.8 Å². The molecule has 0 atom stereocenters. The third-order valence-corrected chi connectivity index (χ3v) is 5.60. The lowest BCUT2D eigenvalue weighted by Crippen LogP contribution is -2.18. The quantitative estimate of drug-likeness (QED) is 0.787. The van der Waals surface area contributed by atoms with Crippen LogP contribution in [0.1, 0.15) is 28.8 Å². The van der Waals surface area contributed by atoms with E-state index >= 15 is 0 Å². The summed E-state index contributed by atoms with van der Waals surface area (Å²) in [4.78, 5) is 13.7. The first kappa shape index (κ1) is 18.3. The number of rotatable bonds is 6. The first-order valence-electron chi connectivity index (χ1n) is 8.49. The third kappa shape index (κ3) is 4.54. The van der Waals surface area contributed by atoms with Gasteiger partial charge in [-0.15, -0.1) is 0 Å². The van der Waals surface area contributed by atoms with E-state index in [1.54, 1.807) is 36.4 Å². The van der Waals surface area contributed by atoms with Crippen molar-refractivity contribution in [2.24, 2.45) is 0 Å². The number of benzene rings is 2. The maximum Gasteiger partial charge on any atom is 0.337 e. The number of anilines is 2. The molecule has 0 unspecified atom stereocenters. The molecule has 0 saturated carbocycles. The minimum Gasteiger partial charge on any atom is -0.465 e. The number of hydrogen-bond acceptors (Lipinski definition) is 5. The molecule has 0 aliphatic carbocycles. The summed E-state index contributed by atoms with van der Waals surface area (Å²) in [6.45, 7) is 2.10. The molecular formula is C19H22N2O4S. The van der Waals surface area contributed by atoms with Gasteiger partial charge in [0.1, 0.15) is 0 Å². The predicted molar refractivity (Wildman–Crippen MR) is 102 cm³/mol. The molecule has 0 aromatic heterocycles. The van der Waals surface area contributed by atoms with Gasteiger partial charge in [-0.05, 0) is 54.8 Å². The summed E-state index contributed by atoms with van der Waals surface area (Å²) in [7, 11) is -2.23. The summed E-state index contributed by atoms with van der Waals surface area (Å²) >= 11 is 0. The van der Waals surface area contributed by atoms with E-state index < -0.39 is 16.0 Å². The summed E-state index contributed by atoms with van der Waals surface area (Å²) in [6, 6.07) is 13.8. The number of esters is 1. The summed E-state index contributed by atoms with van der Waals surface area (Å²) in [5.74, 6) is -0.613. The lowest BCUT2D eigenvalue weighted by atomic mass is 10.1. The second-order valence-corrected chi connectivity index (χ2v) is 8.01. The lowest BCUT2D eigenvalue weighted by Gasteiger charge is -2.18. The fourth-order valence-corrected chi connectivity index (χ4v) is 4.20. The summed E-state index contributed by atoms with van der Waals surface area (Å²) in [5, 5.41) is 0. The van der Waals surface area contributed by atoms with E-state index in [0.29, 0.717) is 16.8 Å². The predicted octanol–water partition coefficient (Wildman–Crippen LogP) is 3.02. The molecule has 2 aromatic carbocycles. The van der Waals surface area contributed by atoms with Gasteiger partial charge in [-0.2, -0.15) is 0 Å². The number of sulfonamides is 1. The van der Waals surface area contributed by atoms with Gasteiger partial charge in [0.15, 0.2) is 0 Å². The van der Waals surface area contributed by atoms with Crippen molar-refractivity contribution in [1.29, 1.82) is 0 Å². The van der Waals surface area contributed by atoms with E-state index in [-0.39, 0.29) is 5.75 Å². The van der Waals surface area contributed by atoms with Gasteiger partial charge in [0.2, 0.25) is 10.0 Å². The van der Waals surface area contributed by atoms with Crippen LogP contribution < -0.4 is 9.62 Å². The number of hydrogen-bond donors (Lipinski definition) is 1. The van der Waals surface area contributed by atoms with E-state index in [9.17, 15) is 13.2 Å². The molecule has 0 spiro atoms. The number of nitrogens with one attached hydrogen (secondary N) is 1. The highest BCUT2D eigenvalue weighted by Crippen LogP contribution is 2.23. The van der Waals surface area contributed by atoms with Crippen LogP contribution >= 0.6 is 0 Å². The fourth-order valence-electron chi connectivity index (χ4n) is 3.01. The monoisotopic (exact) mass is 374 g/mol. The summed E-state index contributed by atoms with van der Waals surface area (Å²) in [5.41, 5.74) is 2.64. The van der Waals surface area contributed by atoms with E-state index in [1.807, 2.05) is 12.1 Å². The molecule has 1 saturated heterocycles. The average Bonchev–Trinajstić information content (AvgIpc) is 3.16. The molecular weight excluding hydrogens is 352 g/mol. The number of carbonyl (C=O) groups excluding carboxylic acids is 1. The van der Waals surface area contributed by atoms with Crippen molar-refractivity contribution >= 4 is 27.4 Å². The smallest absolute Gasteiger partial charge is 0.337 e. The van der Waals surface area contributed by atoms with Crippen molar-refractivity contribution in [3.63, 3.8) is 0 Å². The molecule has 1 N–H and O–H groups in total. The molecule has 7 heteroatoms. The maximum atomic E-state index is 12.4. The van der Waals surface area contributed by atoms with Gasteiger partial charge in [-0.1, -0.05) is 12.1 Å². The Morgan fingerprint density at radius 1 is 1.04 bits per heavy atom. The van der Waals surface area contributed by atoms with E-state index in [2.05, 4.69) is 14.4 Å². The molecule has 0 bridgehead atoms. The van der Waals surface area contributed by atoms with Gasteiger partial charge >= 0.3 is 5.97 Å². The third-order valence-electron chi connectivity index (χ3n) is 4.34. The van der Waals surface area contributed by atoms with Crippen LogP contribution in [0, 0.1) is 0 Å². The zero-order valence-electron chi connectivity index (χ0n) is 14.6. The Morgan fingerprint density at radius 3 is 2.23 bits per heavy atom. The Bertz CT molecular complexity index is 855. The van der Waals surface area contributed by atoms with Crippen LogP contribution in [0.15, 0.2) is 48.5 Å². The highest BCUT2D eigenvalue weighted by atomic mass is 32.2. The van der Waals surface area contributed by atoms with Crippen molar-refractivity contribution in [3.8, 4) is 0 Å². The summed E-state index contributed by atoms with van der Waals surface area (Å²) in [6.07, 6.45) is 2.40. The van der Waals surface area contributed by atoms with E-state index in [0.717, 1.165) is 18.8 Å². The number of carbonyl (C=O) groups is 1. The van der Waals surface area contributed by atoms with Crippen molar-refractivity contribution in [3.05, 3.63) is 59.7 Å². The highest BCUT2D eigenvalue weighted by Gasteiger charge is 2.15. The van der Waals surface area contributed by atoms with Gasteiger partial charge in [-0.3, -0.25) is 4.72 Å². The maximum absolute atomic E-state index is 12.4. The molecule has 26 heavy (non-hydrogen) atoms. The number of ether oxygens (including phenoxy) is 1. The molecule has 138 valence electrons. The molecule has 2 aromatic rings. The largest absolute Gasteiger partial charge is 0.465 e. The van der Waals surface area contributed by atoms with Gasteiger partial charge in [0, 0.05) is 24.5 Å². The minimum atomic E-state index is -3.54. The molecule has 1 heterocycles. The highest BCUT2D eigenvalue weighted by molar-refractivity contribution is 7.91. The second-order valence-electron chi connectivity index (χ2n) is 6.29. The van der Waals surface area contributed by atoms with Crippen LogP contribution in [0.4, 0.5) is 11.4 Å². The zero-order valence-corrected chi connectivity index (χ0v) is 15.5. The Morgan fingerprint density at radius 2 is 1.65 bits per heavy atom. The lowest BCUT2D eigenvalue weighted by molar-refractivity contribution is 0.0600. The molecule has 1 aliphatic heterocycles. The normalized spacial score (nSPS) is 14.3. The second kappa shape index (κ2) is 7.78. The Labute approximate surface area is 153 Å². The molecule has 3 rings (SSSR count). The first-order chi connectivity index (χ1) is 12.5.